The molecule has 0 aromatic heterocycles. The number of hydrogen-bond donors (Lipinski definition) is 1. The van der Waals surface area contributed by atoms with Crippen LogP contribution in [0.2, 0.25) is 0 Å². The zero-order chi connectivity index (χ0) is 20.0. The highest BCUT2D eigenvalue weighted by Crippen LogP contribution is 2.36. The third-order valence-electron chi connectivity index (χ3n) is 3.28. The number of para-hydroxylation sites is 1. The van der Waals surface area contributed by atoms with Gasteiger partial charge in [0.15, 0.2) is 6.10 Å². The second-order valence-electron chi connectivity index (χ2n) is 5.27. The number of ether oxygens (including phenoxy) is 1. The molecule has 0 spiro atoms. The van der Waals surface area contributed by atoms with Crippen LogP contribution in [0.5, 0.6) is 0 Å². The van der Waals surface area contributed by atoms with Crippen LogP contribution in [0.1, 0.15) is 22.8 Å². The van der Waals surface area contributed by atoms with Gasteiger partial charge in [-0.1, -0.05) is 12.1 Å². The van der Waals surface area contributed by atoms with E-state index in [2.05, 4.69) is 5.32 Å². The van der Waals surface area contributed by atoms with Crippen molar-refractivity contribution < 1.29 is 27.5 Å². The van der Waals surface area contributed by atoms with E-state index >= 15 is 0 Å². The molecule has 2 aromatic rings. The van der Waals surface area contributed by atoms with Crippen molar-refractivity contribution in [3.05, 3.63) is 59.7 Å². The van der Waals surface area contributed by atoms with Crippen LogP contribution in [0.4, 0.5) is 18.9 Å². The molecule has 0 saturated carbocycles. The van der Waals surface area contributed by atoms with Crippen molar-refractivity contribution in [1.82, 2.24) is 0 Å². The number of halogens is 3. The van der Waals surface area contributed by atoms with E-state index in [1.54, 1.807) is 12.1 Å². The Morgan fingerprint density at radius 1 is 1.15 bits per heavy atom. The van der Waals surface area contributed by atoms with Crippen LogP contribution in [0.25, 0.3) is 0 Å². The molecule has 27 heavy (non-hydrogen) atoms. The fraction of sp³-hybridized carbons (Fsp3) is 0.167. The number of nitrogens with zero attached hydrogens (tertiary/aromatic N) is 1. The van der Waals surface area contributed by atoms with Crippen LogP contribution < -0.4 is 5.32 Å². The summed E-state index contributed by atoms with van der Waals surface area (Å²) in [6.07, 6.45) is -1.17. The fourth-order valence-electron chi connectivity index (χ4n) is 2.00. The molecule has 1 amide bonds. The van der Waals surface area contributed by atoms with Gasteiger partial charge in [0.2, 0.25) is 0 Å². The van der Waals surface area contributed by atoms with Crippen molar-refractivity contribution in [1.29, 1.82) is 5.26 Å². The molecule has 0 bridgehead atoms. The Bertz CT molecular complexity index is 877. The van der Waals surface area contributed by atoms with E-state index in [1.807, 2.05) is 6.07 Å². The monoisotopic (exact) mass is 394 g/mol. The lowest BCUT2D eigenvalue weighted by molar-refractivity contribution is -0.123. The highest BCUT2D eigenvalue weighted by Gasteiger charge is 2.29. The third-order valence-corrected chi connectivity index (χ3v) is 4.02. The van der Waals surface area contributed by atoms with E-state index in [0.29, 0.717) is 0 Å². The summed E-state index contributed by atoms with van der Waals surface area (Å²) in [5.74, 6) is -1.50. The summed E-state index contributed by atoms with van der Waals surface area (Å²) in [7, 11) is 0. The zero-order valence-corrected chi connectivity index (χ0v) is 14.7. The first kappa shape index (κ1) is 20.3. The number of alkyl halides is 3. The van der Waals surface area contributed by atoms with E-state index in [-0.39, 0.29) is 33.5 Å². The highest BCUT2D eigenvalue weighted by atomic mass is 32.2. The summed E-state index contributed by atoms with van der Waals surface area (Å²) in [6, 6.07) is 12.9. The van der Waals surface area contributed by atoms with E-state index < -0.39 is 23.5 Å². The van der Waals surface area contributed by atoms with Crippen molar-refractivity contribution in [2.75, 3.05) is 5.32 Å². The normalized spacial score (nSPS) is 12.0. The van der Waals surface area contributed by atoms with Gasteiger partial charge in [0.05, 0.1) is 16.8 Å². The predicted molar refractivity (Wildman–Crippen MR) is 93.0 cm³/mol. The van der Waals surface area contributed by atoms with Crippen molar-refractivity contribution in [3.63, 3.8) is 0 Å². The number of nitrogens with one attached hydrogen (secondary N) is 1. The van der Waals surface area contributed by atoms with Gasteiger partial charge in [0.1, 0.15) is 6.07 Å². The van der Waals surface area contributed by atoms with Crippen LogP contribution in [0.3, 0.4) is 0 Å². The molecular formula is C18H13F3N2O3S. The minimum absolute atomic E-state index is 0.0126. The average Bonchev–Trinajstić information content (AvgIpc) is 2.61. The van der Waals surface area contributed by atoms with Crippen molar-refractivity contribution >= 4 is 29.3 Å². The quantitative estimate of drug-likeness (QED) is 0.602. The molecule has 2 aromatic carbocycles. The smallest absolute Gasteiger partial charge is 0.446 e. The van der Waals surface area contributed by atoms with Crippen molar-refractivity contribution in [3.8, 4) is 6.07 Å². The second-order valence-corrected chi connectivity index (χ2v) is 6.40. The SMILES string of the molecule is C[C@H](OC(=O)c1ccc(SC(F)(F)F)cc1)C(=O)Nc1ccccc1C#N. The van der Waals surface area contributed by atoms with Crippen LogP contribution in [-0.2, 0) is 9.53 Å². The first-order chi connectivity index (χ1) is 12.7. The van der Waals surface area contributed by atoms with Gasteiger partial charge in [0.25, 0.3) is 5.91 Å². The molecule has 0 unspecified atom stereocenters. The lowest BCUT2D eigenvalue weighted by atomic mass is 10.2. The molecule has 0 radical (unpaired) electrons. The molecule has 0 aliphatic heterocycles. The minimum atomic E-state index is -4.42. The molecule has 9 heteroatoms. The number of carbonyl (C=O) groups is 2. The van der Waals surface area contributed by atoms with E-state index in [0.717, 1.165) is 12.1 Å². The van der Waals surface area contributed by atoms with Gasteiger partial charge >= 0.3 is 11.5 Å². The topological polar surface area (TPSA) is 79.2 Å². The van der Waals surface area contributed by atoms with Gasteiger partial charge in [-0.25, -0.2) is 4.79 Å². The number of esters is 1. The summed E-state index contributed by atoms with van der Waals surface area (Å²) in [6.45, 7) is 1.34. The van der Waals surface area contributed by atoms with Crippen LogP contribution in [0.15, 0.2) is 53.4 Å². The third kappa shape index (κ3) is 6.04. The lowest BCUT2D eigenvalue weighted by Gasteiger charge is -2.14. The summed E-state index contributed by atoms with van der Waals surface area (Å²) >= 11 is -0.298. The van der Waals surface area contributed by atoms with E-state index in [1.165, 1.54) is 31.2 Å². The molecule has 2 rings (SSSR count). The minimum Gasteiger partial charge on any atom is -0.449 e. The number of nitriles is 1. The van der Waals surface area contributed by atoms with Gasteiger partial charge in [-0.15, -0.1) is 0 Å². The molecule has 0 aliphatic carbocycles. The van der Waals surface area contributed by atoms with Gasteiger partial charge in [-0.05, 0) is 55.1 Å². The summed E-state index contributed by atoms with van der Waals surface area (Å²) < 4.78 is 41.9. The molecule has 0 aliphatic rings. The number of hydrogen-bond acceptors (Lipinski definition) is 5. The average molecular weight is 394 g/mol. The molecular weight excluding hydrogens is 381 g/mol. The Morgan fingerprint density at radius 3 is 2.37 bits per heavy atom. The van der Waals surface area contributed by atoms with Gasteiger partial charge in [-0.3, -0.25) is 4.79 Å². The number of anilines is 1. The Labute approximate surface area is 157 Å². The highest BCUT2D eigenvalue weighted by molar-refractivity contribution is 8.00. The predicted octanol–water partition coefficient (Wildman–Crippen LogP) is 4.35. The van der Waals surface area contributed by atoms with Crippen molar-refractivity contribution in [2.45, 2.75) is 23.4 Å². The summed E-state index contributed by atoms with van der Waals surface area (Å²) in [5, 5.41) is 11.5. The molecule has 0 heterocycles. The first-order valence-electron chi connectivity index (χ1n) is 7.56. The number of thioether (sulfide) groups is 1. The first-order valence-corrected chi connectivity index (χ1v) is 8.38. The largest absolute Gasteiger partial charge is 0.449 e. The van der Waals surface area contributed by atoms with Crippen LogP contribution in [0, 0.1) is 11.3 Å². The van der Waals surface area contributed by atoms with E-state index in [4.69, 9.17) is 10.00 Å². The zero-order valence-electron chi connectivity index (χ0n) is 13.9. The van der Waals surface area contributed by atoms with E-state index in [9.17, 15) is 22.8 Å². The Kier molecular flexibility index (Phi) is 6.47. The lowest BCUT2D eigenvalue weighted by Crippen LogP contribution is -2.30. The molecule has 0 fully saturated rings. The molecule has 1 N–H and O–H groups in total. The number of amides is 1. The Morgan fingerprint density at radius 2 is 1.78 bits per heavy atom. The fourth-order valence-corrected chi connectivity index (χ4v) is 2.54. The maximum Gasteiger partial charge on any atom is 0.446 e. The Balaban J connectivity index is 1.98. The number of carbonyl (C=O) groups excluding carboxylic acids is 2. The summed E-state index contributed by atoms with van der Waals surface area (Å²) in [5.41, 5.74) is -3.88. The van der Waals surface area contributed by atoms with Gasteiger partial charge in [0, 0.05) is 4.90 Å². The standard InChI is InChI=1S/C18H13F3N2O3S/c1-11(16(24)23-15-5-3-2-4-13(15)10-22)26-17(25)12-6-8-14(9-7-12)27-18(19,20)21/h2-9,11H,1H3,(H,23,24)/t11-/m0/s1. The number of benzene rings is 2. The molecule has 140 valence electrons. The maximum atomic E-state index is 12.3. The maximum absolute atomic E-state index is 12.3. The van der Waals surface area contributed by atoms with Crippen molar-refractivity contribution in [2.24, 2.45) is 0 Å². The molecule has 0 saturated heterocycles. The van der Waals surface area contributed by atoms with Crippen LogP contribution >= 0.6 is 11.8 Å². The van der Waals surface area contributed by atoms with Gasteiger partial charge in [-0.2, -0.15) is 18.4 Å². The molecule has 1 atom stereocenters. The van der Waals surface area contributed by atoms with Gasteiger partial charge < -0.3 is 10.1 Å². The summed E-state index contributed by atoms with van der Waals surface area (Å²) in [4.78, 5) is 24.1. The Hall–Kier alpha value is -2.99. The molecule has 5 nitrogen and oxygen atoms in total. The van der Waals surface area contributed by atoms with Crippen LogP contribution in [-0.4, -0.2) is 23.5 Å². The number of rotatable bonds is 5. The second kappa shape index (κ2) is 8.60.